The van der Waals surface area contributed by atoms with Gasteiger partial charge in [-0.2, -0.15) is 0 Å². The van der Waals surface area contributed by atoms with E-state index in [4.69, 9.17) is 41.8 Å². The monoisotopic (exact) mass is 944 g/mol. The number of carbonyl (C=O) groups excluding carboxylic acids is 2. The summed E-state index contributed by atoms with van der Waals surface area (Å²) in [6.45, 7) is 8.66. The summed E-state index contributed by atoms with van der Waals surface area (Å²) in [4.78, 5) is 52.6. The minimum absolute atomic E-state index is 0.0275. The van der Waals surface area contributed by atoms with Crippen LogP contribution in [-0.4, -0.2) is 126 Å². The van der Waals surface area contributed by atoms with Crippen molar-refractivity contribution in [1.29, 1.82) is 0 Å². The molecule has 3 saturated heterocycles. The Hall–Kier alpha value is -3.73. The second-order valence-electron chi connectivity index (χ2n) is 17.0. The molecule has 0 bridgehead atoms. The number of hydrogen-bond acceptors (Lipinski definition) is 19. The summed E-state index contributed by atoms with van der Waals surface area (Å²) in [6, 6.07) is 8.99. The zero-order valence-electron chi connectivity index (χ0n) is 36.0. The maximum atomic E-state index is 14.3. The predicted octanol–water partition coefficient (Wildman–Crippen LogP) is 2.65. The Bertz CT molecular complexity index is 2300. The standard InChI is InChI=1S/C38H54N6O16P2S/c1-37(2,3)34(46)54-23-56-62(49,57-24-55-35(47)38(4,5)6)30-21-42(41-40-30)20-27-31(32(53-19-18-52-7)33(58-27)43-17-15-29(45)39-36(43)48)60-61-44-16-11-14-26(44)28(59-61)22-63(50,51)25-12-9-8-10-13-25/h8-10,12-13,15,17,21,26-28,31-33H,11,14,16,18-20,22-24H2,1-7H3,(H,39,45,48)/t26-,27-,28+,31?,32?,33-,61-/m1/s1. The number of methoxy groups -OCH3 is 1. The number of esters is 2. The van der Waals surface area contributed by atoms with Gasteiger partial charge in [-0.1, -0.05) is 23.4 Å². The van der Waals surface area contributed by atoms with Crippen LogP contribution in [0.3, 0.4) is 0 Å². The van der Waals surface area contributed by atoms with Crippen molar-refractivity contribution >= 4 is 43.3 Å². The lowest BCUT2D eigenvalue weighted by molar-refractivity contribution is -0.161. The van der Waals surface area contributed by atoms with Crippen molar-refractivity contribution in [3.63, 3.8) is 0 Å². The molecule has 5 heterocycles. The molecular formula is C38H54N6O16P2S. The first-order valence-electron chi connectivity index (χ1n) is 20.1. The van der Waals surface area contributed by atoms with Crippen molar-refractivity contribution in [1.82, 2.24) is 29.2 Å². The first kappa shape index (κ1) is 48.7. The second kappa shape index (κ2) is 20.2. The SMILES string of the molecule is COCCOC1C(O[P@@]2O[C@@H](CS(=O)(=O)c3ccccc3)[C@H]3CCCN32)[C@@H](Cn2cc(P(=O)(OCOC(=O)C(C)(C)C)OCOC(=O)C(C)(C)C)nn2)O[C@H]1n1ccc(=O)[nH]c1=O. The number of fused-ring (bicyclic) bond motifs is 1. The third-order valence-corrected chi connectivity index (χ3v) is 15.3. The van der Waals surface area contributed by atoms with Crippen LogP contribution < -0.4 is 16.7 Å². The summed E-state index contributed by atoms with van der Waals surface area (Å²) in [5.74, 6) is -1.60. The molecule has 0 spiro atoms. The lowest BCUT2D eigenvalue weighted by Crippen LogP contribution is -2.41. The summed E-state index contributed by atoms with van der Waals surface area (Å²) in [5, 5.41) is 8.18. The number of sulfone groups is 1. The van der Waals surface area contributed by atoms with Crippen molar-refractivity contribution in [3.8, 4) is 0 Å². The fraction of sp³-hybridized carbons (Fsp3) is 0.632. The van der Waals surface area contributed by atoms with Crippen molar-refractivity contribution in [2.75, 3.05) is 46.2 Å². The van der Waals surface area contributed by atoms with Crippen LogP contribution in [0, 0.1) is 10.8 Å². The van der Waals surface area contributed by atoms with Gasteiger partial charge >= 0.3 is 25.2 Å². The molecule has 348 valence electrons. The van der Waals surface area contributed by atoms with Gasteiger partial charge in [0.05, 0.1) is 53.5 Å². The Morgan fingerprint density at radius 3 is 2.24 bits per heavy atom. The normalized spacial score (nSPS) is 24.4. The average Bonchev–Trinajstić information content (AvgIpc) is 4.02. The number of carbonyl (C=O) groups is 2. The highest BCUT2D eigenvalue weighted by Crippen LogP contribution is 2.58. The number of aromatic nitrogens is 5. The molecule has 1 aromatic carbocycles. The van der Waals surface area contributed by atoms with Crippen molar-refractivity contribution in [2.45, 2.75) is 103 Å². The number of H-pyrrole nitrogens is 1. The van der Waals surface area contributed by atoms with Gasteiger partial charge in [0.2, 0.25) is 13.6 Å². The van der Waals surface area contributed by atoms with Gasteiger partial charge < -0.3 is 32.7 Å². The summed E-state index contributed by atoms with van der Waals surface area (Å²) in [5.41, 5.74) is -3.60. The van der Waals surface area contributed by atoms with E-state index in [1.54, 1.807) is 59.7 Å². The van der Waals surface area contributed by atoms with Gasteiger partial charge in [0.1, 0.15) is 18.3 Å². The van der Waals surface area contributed by atoms with Crippen LogP contribution in [0.4, 0.5) is 0 Å². The van der Waals surface area contributed by atoms with Crippen LogP contribution in [0.5, 0.6) is 0 Å². The fourth-order valence-electron chi connectivity index (χ4n) is 6.74. The van der Waals surface area contributed by atoms with Crippen LogP contribution >= 0.6 is 16.1 Å². The van der Waals surface area contributed by atoms with E-state index < -0.39 is 104 Å². The molecule has 0 amide bonds. The lowest BCUT2D eigenvalue weighted by Gasteiger charge is -2.29. The number of benzene rings is 1. The molecule has 63 heavy (non-hydrogen) atoms. The van der Waals surface area contributed by atoms with Gasteiger partial charge in [0, 0.05) is 32.0 Å². The van der Waals surface area contributed by atoms with Crippen LogP contribution in [-0.2, 0) is 72.3 Å². The second-order valence-corrected chi connectivity index (χ2v) is 22.4. The summed E-state index contributed by atoms with van der Waals surface area (Å²) < 4.78 is 98.4. The van der Waals surface area contributed by atoms with Crippen LogP contribution in [0.15, 0.2) is 63.3 Å². The summed E-state index contributed by atoms with van der Waals surface area (Å²) >= 11 is 0. The van der Waals surface area contributed by atoms with E-state index in [1.807, 2.05) is 4.67 Å². The molecule has 6 rings (SSSR count). The van der Waals surface area contributed by atoms with Gasteiger partial charge in [-0.25, -0.2) is 22.6 Å². The highest BCUT2D eigenvalue weighted by atomic mass is 32.2. The van der Waals surface area contributed by atoms with Gasteiger partial charge in [0.15, 0.2) is 21.5 Å². The Balaban J connectivity index is 1.30. The maximum Gasteiger partial charge on any atom is 0.388 e. The zero-order chi connectivity index (χ0) is 45.7. The first-order chi connectivity index (χ1) is 29.7. The molecule has 0 radical (unpaired) electrons. The molecule has 1 N–H and O–H groups in total. The molecule has 22 nitrogen and oxygen atoms in total. The Morgan fingerprint density at radius 1 is 0.952 bits per heavy atom. The number of rotatable bonds is 19. The van der Waals surface area contributed by atoms with E-state index in [-0.39, 0.29) is 41.9 Å². The molecule has 3 aliphatic heterocycles. The van der Waals surface area contributed by atoms with Gasteiger partial charge in [-0.05, 0) is 66.5 Å². The third kappa shape index (κ3) is 11.9. The number of ether oxygens (including phenoxy) is 5. The van der Waals surface area contributed by atoms with E-state index in [9.17, 15) is 32.2 Å². The van der Waals surface area contributed by atoms with E-state index >= 15 is 0 Å². The minimum Gasteiger partial charge on any atom is -0.438 e. The maximum absolute atomic E-state index is 14.3. The number of hydrogen-bond donors (Lipinski definition) is 1. The van der Waals surface area contributed by atoms with Crippen molar-refractivity contribution in [3.05, 3.63) is 69.6 Å². The molecule has 3 aromatic rings. The van der Waals surface area contributed by atoms with Gasteiger partial charge in [0.25, 0.3) is 14.1 Å². The topological polar surface area (TPSA) is 257 Å². The average molecular weight is 945 g/mol. The van der Waals surface area contributed by atoms with Crippen LogP contribution in [0.2, 0.25) is 0 Å². The minimum atomic E-state index is -4.52. The Labute approximate surface area is 365 Å². The number of nitrogens with zero attached hydrogens (tertiary/aromatic N) is 5. The number of aromatic amines is 1. The smallest absolute Gasteiger partial charge is 0.388 e. The molecule has 7 atom stereocenters. The molecule has 3 aliphatic rings. The predicted molar refractivity (Wildman–Crippen MR) is 222 cm³/mol. The largest absolute Gasteiger partial charge is 0.438 e. The van der Waals surface area contributed by atoms with E-state index in [0.29, 0.717) is 13.0 Å². The highest BCUT2D eigenvalue weighted by Gasteiger charge is 2.54. The number of nitrogens with one attached hydrogen (secondary N) is 1. The van der Waals surface area contributed by atoms with Crippen LogP contribution in [0.1, 0.15) is 60.6 Å². The fourth-order valence-corrected chi connectivity index (χ4v) is 11.5. The van der Waals surface area contributed by atoms with Crippen molar-refractivity contribution in [2.24, 2.45) is 10.8 Å². The molecule has 2 unspecified atom stereocenters. The van der Waals surface area contributed by atoms with Crippen molar-refractivity contribution < 1.29 is 64.4 Å². The summed E-state index contributed by atoms with van der Waals surface area (Å²) in [7, 11) is -8.72. The Morgan fingerprint density at radius 2 is 1.62 bits per heavy atom. The lowest BCUT2D eigenvalue weighted by atomic mass is 9.98. The van der Waals surface area contributed by atoms with Gasteiger partial charge in [-0.3, -0.25) is 37.5 Å². The quantitative estimate of drug-likeness (QED) is 0.0784. The molecule has 3 fully saturated rings. The zero-order valence-corrected chi connectivity index (χ0v) is 38.6. The molecule has 2 aromatic heterocycles. The molecule has 0 aliphatic carbocycles. The molecule has 25 heteroatoms. The highest BCUT2D eigenvalue weighted by molar-refractivity contribution is 7.91. The molecular weight excluding hydrogens is 890 g/mol. The Kier molecular flexibility index (Phi) is 15.6. The van der Waals surface area contributed by atoms with Crippen LogP contribution in [0.25, 0.3) is 0 Å². The molecule has 0 saturated carbocycles. The first-order valence-corrected chi connectivity index (χ1v) is 24.4. The summed E-state index contributed by atoms with van der Waals surface area (Å²) in [6.07, 6.45) is -1.14. The van der Waals surface area contributed by atoms with E-state index in [0.717, 1.165) is 17.1 Å². The third-order valence-electron chi connectivity index (χ3n) is 10.1. The van der Waals surface area contributed by atoms with E-state index in [1.165, 1.54) is 36.3 Å². The van der Waals surface area contributed by atoms with Gasteiger partial charge in [-0.15, -0.1) is 5.10 Å². The van der Waals surface area contributed by atoms with E-state index in [2.05, 4.69) is 15.3 Å².